The van der Waals surface area contributed by atoms with Gasteiger partial charge < -0.3 is 5.32 Å². The Kier molecular flexibility index (Phi) is 5.53. The van der Waals surface area contributed by atoms with Crippen molar-refractivity contribution in [2.75, 3.05) is 12.8 Å². The summed E-state index contributed by atoms with van der Waals surface area (Å²) in [5, 5.41) is 2.84. The summed E-state index contributed by atoms with van der Waals surface area (Å²) in [6.45, 7) is 2.09. The molecule has 2 aliphatic heterocycles. The summed E-state index contributed by atoms with van der Waals surface area (Å²) in [5.41, 5.74) is -0.982. The number of alkyl halides is 3. The Morgan fingerprint density at radius 1 is 1.32 bits per heavy atom. The molecule has 2 unspecified atom stereocenters. The quantitative estimate of drug-likeness (QED) is 0.773. The maximum Gasteiger partial charge on any atom is 0.416 e. The smallest absolute Gasteiger partial charge is 0.355 e. The van der Waals surface area contributed by atoms with E-state index < -0.39 is 27.2 Å². The number of nitrogens with one attached hydrogen (secondary N) is 1. The van der Waals surface area contributed by atoms with Crippen molar-refractivity contribution in [2.24, 2.45) is 5.41 Å². The van der Waals surface area contributed by atoms with Gasteiger partial charge in [-0.15, -0.1) is 0 Å². The molecule has 0 radical (unpaired) electrons. The van der Waals surface area contributed by atoms with E-state index in [1.807, 2.05) is 6.92 Å². The molecule has 2 aliphatic rings. The Labute approximate surface area is 163 Å². The molecule has 1 aromatic carbocycles. The molecule has 0 aliphatic carbocycles. The first kappa shape index (κ1) is 21.1. The van der Waals surface area contributed by atoms with Crippen LogP contribution in [0.2, 0.25) is 0 Å². The number of sulfonamides is 1. The van der Waals surface area contributed by atoms with Crippen LogP contribution in [0.1, 0.15) is 43.7 Å². The fourth-order valence-corrected chi connectivity index (χ4v) is 6.30. The molecule has 9 heteroatoms. The Hall–Kier alpha value is -1.61. The Balaban J connectivity index is 1.67. The zero-order valence-electron chi connectivity index (χ0n) is 15.9. The first-order chi connectivity index (χ1) is 13.0. The number of carbonyl (C=O) groups excluding carboxylic acids is 1. The molecular weight excluding hydrogens is 393 g/mol. The molecule has 1 N–H and O–H groups in total. The number of carbonyl (C=O) groups is 1. The number of benzene rings is 1. The fraction of sp³-hybridized carbons (Fsp3) is 0.632. The molecule has 0 aromatic heterocycles. The predicted molar refractivity (Wildman–Crippen MR) is 99.0 cm³/mol. The van der Waals surface area contributed by atoms with Gasteiger partial charge in [0.05, 0.1) is 17.2 Å². The van der Waals surface area contributed by atoms with Crippen LogP contribution in [0.25, 0.3) is 0 Å². The van der Waals surface area contributed by atoms with E-state index in [0.29, 0.717) is 24.8 Å². The van der Waals surface area contributed by atoms with Gasteiger partial charge in [-0.3, -0.25) is 4.79 Å². The van der Waals surface area contributed by atoms with Crippen molar-refractivity contribution in [3.8, 4) is 0 Å². The van der Waals surface area contributed by atoms with Crippen molar-refractivity contribution in [2.45, 2.75) is 57.3 Å². The summed E-state index contributed by atoms with van der Waals surface area (Å²) in [4.78, 5) is 13.0. The van der Waals surface area contributed by atoms with Crippen molar-refractivity contribution < 1.29 is 26.4 Å². The van der Waals surface area contributed by atoms with Gasteiger partial charge in [0.15, 0.2) is 0 Å². The van der Waals surface area contributed by atoms with Gasteiger partial charge >= 0.3 is 6.18 Å². The molecular formula is C19H25F3N2O3S. The number of hydrogen-bond acceptors (Lipinski definition) is 3. The third-order valence-electron chi connectivity index (χ3n) is 6.10. The minimum absolute atomic E-state index is 0.144. The van der Waals surface area contributed by atoms with E-state index in [2.05, 4.69) is 5.32 Å². The van der Waals surface area contributed by atoms with E-state index in [1.54, 1.807) is 6.07 Å². The number of amides is 1. The Bertz CT molecular complexity index is 856. The van der Waals surface area contributed by atoms with Crippen LogP contribution >= 0.6 is 0 Å². The standard InChI is InChI=1S/C19H25F3N2O3S/c1-3-18(12-15-7-8-16(18)24(15)28(2,26)27)17(25)23-10-9-13-5-4-6-14(11-13)19(20,21)22/h4-6,11,15-16H,3,7-10,12H2,1-2H3,(H,23,25)/t15?,16?,18-/m0/s1. The number of rotatable bonds is 6. The lowest BCUT2D eigenvalue weighted by Crippen LogP contribution is -2.49. The molecule has 156 valence electrons. The van der Waals surface area contributed by atoms with Crippen LogP contribution in [-0.2, 0) is 27.4 Å². The van der Waals surface area contributed by atoms with E-state index in [-0.39, 0.29) is 31.0 Å². The van der Waals surface area contributed by atoms with E-state index >= 15 is 0 Å². The van der Waals surface area contributed by atoms with Crippen molar-refractivity contribution in [1.29, 1.82) is 0 Å². The lowest BCUT2D eigenvalue weighted by atomic mass is 9.71. The van der Waals surface area contributed by atoms with E-state index in [9.17, 15) is 26.4 Å². The summed E-state index contributed by atoms with van der Waals surface area (Å²) < 4.78 is 64.2. The van der Waals surface area contributed by atoms with Crippen LogP contribution in [0.4, 0.5) is 13.2 Å². The third-order valence-corrected chi connectivity index (χ3v) is 7.42. The summed E-state index contributed by atoms with van der Waals surface area (Å²) in [7, 11) is -3.39. The second-order valence-corrected chi connectivity index (χ2v) is 9.65. The molecule has 3 atom stereocenters. The van der Waals surface area contributed by atoms with E-state index in [0.717, 1.165) is 18.6 Å². The third kappa shape index (κ3) is 3.78. The van der Waals surface area contributed by atoms with Crippen molar-refractivity contribution in [1.82, 2.24) is 9.62 Å². The largest absolute Gasteiger partial charge is 0.416 e. The summed E-state index contributed by atoms with van der Waals surface area (Å²) in [5.74, 6) is -0.206. The fourth-order valence-electron chi connectivity index (χ4n) is 4.81. The molecule has 1 amide bonds. The number of fused-ring (bicyclic) bond motifs is 2. The first-order valence-corrected chi connectivity index (χ1v) is 11.3. The summed E-state index contributed by atoms with van der Waals surface area (Å²) >= 11 is 0. The molecule has 28 heavy (non-hydrogen) atoms. The van der Waals surface area contributed by atoms with E-state index in [1.165, 1.54) is 16.6 Å². The minimum Gasteiger partial charge on any atom is -0.355 e. The average Bonchev–Trinajstić information content (AvgIpc) is 3.18. The topological polar surface area (TPSA) is 66.5 Å². The monoisotopic (exact) mass is 418 g/mol. The highest BCUT2D eigenvalue weighted by molar-refractivity contribution is 7.88. The normalized spacial score (nSPS) is 27.9. The first-order valence-electron chi connectivity index (χ1n) is 9.42. The van der Waals surface area contributed by atoms with Crippen LogP contribution in [0.15, 0.2) is 24.3 Å². The van der Waals surface area contributed by atoms with Gasteiger partial charge in [-0.2, -0.15) is 17.5 Å². The minimum atomic E-state index is -4.40. The molecule has 0 spiro atoms. The molecule has 2 saturated heterocycles. The average molecular weight is 418 g/mol. The predicted octanol–water partition coefficient (Wildman–Crippen LogP) is 2.96. The molecule has 5 nitrogen and oxygen atoms in total. The summed E-state index contributed by atoms with van der Waals surface area (Å²) in [6, 6.07) is 4.57. The van der Waals surface area contributed by atoms with Gasteiger partial charge in [-0.05, 0) is 43.7 Å². The number of nitrogens with zero attached hydrogens (tertiary/aromatic N) is 1. The second-order valence-electron chi connectivity index (χ2n) is 7.76. The van der Waals surface area contributed by atoms with Crippen LogP contribution in [-0.4, -0.2) is 43.5 Å². The van der Waals surface area contributed by atoms with Gasteiger partial charge in [0.1, 0.15) is 0 Å². The lowest BCUT2D eigenvalue weighted by molar-refractivity contribution is -0.137. The van der Waals surface area contributed by atoms with Gasteiger partial charge in [0.2, 0.25) is 15.9 Å². The molecule has 3 rings (SSSR count). The zero-order valence-corrected chi connectivity index (χ0v) is 16.7. The maximum atomic E-state index is 13.0. The number of hydrogen-bond donors (Lipinski definition) is 1. The zero-order chi connectivity index (χ0) is 20.7. The van der Waals surface area contributed by atoms with Gasteiger partial charge in [0, 0.05) is 18.6 Å². The van der Waals surface area contributed by atoms with Crippen molar-refractivity contribution >= 4 is 15.9 Å². The van der Waals surface area contributed by atoms with Crippen LogP contribution in [0.3, 0.4) is 0 Å². The van der Waals surface area contributed by atoms with Gasteiger partial charge in [-0.1, -0.05) is 25.1 Å². The van der Waals surface area contributed by atoms with E-state index in [4.69, 9.17) is 0 Å². The highest BCUT2D eigenvalue weighted by Crippen LogP contribution is 2.52. The molecule has 0 saturated carbocycles. The molecule has 2 heterocycles. The highest BCUT2D eigenvalue weighted by atomic mass is 32.2. The SMILES string of the molecule is CC[C@]1(C(=O)NCCc2cccc(C(F)(F)F)c2)CC2CCC1N2S(C)(=O)=O. The highest BCUT2D eigenvalue weighted by Gasteiger charge is 2.61. The second kappa shape index (κ2) is 7.33. The molecule has 2 fully saturated rings. The van der Waals surface area contributed by atoms with Gasteiger partial charge in [0.25, 0.3) is 0 Å². The van der Waals surface area contributed by atoms with Crippen LogP contribution < -0.4 is 5.32 Å². The van der Waals surface area contributed by atoms with Crippen LogP contribution in [0, 0.1) is 5.41 Å². The van der Waals surface area contributed by atoms with Gasteiger partial charge in [-0.25, -0.2) is 8.42 Å². The molecule has 1 aromatic rings. The Morgan fingerprint density at radius 2 is 2.04 bits per heavy atom. The van der Waals surface area contributed by atoms with Crippen molar-refractivity contribution in [3.05, 3.63) is 35.4 Å². The summed E-state index contributed by atoms with van der Waals surface area (Å²) in [6.07, 6.45) is -0.505. The molecule has 2 bridgehead atoms. The van der Waals surface area contributed by atoms with Crippen LogP contribution in [0.5, 0.6) is 0 Å². The lowest BCUT2D eigenvalue weighted by Gasteiger charge is -2.35. The number of halogens is 3. The maximum absolute atomic E-state index is 13.0. The Morgan fingerprint density at radius 3 is 2.61 bits per heavy atom. The van der Waals surface area contributed by atoms with Crippen molar-refractivity contribution in [3.63, 3.8) is 0 Å².